The van der Waals surface area contributed by atoms with Crippen molar-refractivity contribution in [3.8, 4) is 0 Å². The Morgan fingerprint density at radius 3 is 2.69 bits per heavy atom. The molecule has 5 nitrogen and oxygen atoms in total. The van der Waals surface area contributed by atoms with Crippen LogP contribution in [-0.4, -0.2) is 72.7 Å². The number of amides is 1. The van der Waals surface area contributed by atoms with Crippen molar-refractivity contribution in [1.82, 2.24) is 15.1 Å². The number of piperazine rings is 1. The normalized spacial score (nSPS) is 25.9. The molecule has 0 aromatic heterocycles. The van der Waals surface area contributed by atoms with Crippen molar-refractivity contribution in [1.29, 1.82) is 0 Å². The first-order valence-electron chi connectivity index (χ1n) is 5.68. The molecule has 94 valence electrons. The van der Waals surface area contributed by atoms with Crippen LogP contribution in [-0.2, 0) is 4.79 Å². The first kappa shape index (κ1) is 13.4. The van der Waals surface area contributed by atoms with E-state index in [2.05, 4.69) is 29.0 Å². The molecule has 5 heteroatoms. The van der Waals surface area contributed by atoms with Gasteiger partial charge in [-0.05, 0) is 27.9 Å². The van der Waals surface area contributed by atoms with Gasteiger partial charge in [0.05, 0.1) is 6.61 Å². The number of likely N-dealkylation sites (N-methyl/N-ethyl adjacent to an activating group) is 1. The van der Waals surface area contributed by atoms with E-state index in [1.165, 1.54) is 0 Å². The molecule has 1 heterocycles. The van der Waals surface area contributed by atoms with Crippen LogP contribution in [0.4, 0.5) is 0 Å². The molecule has 0 radical (unpaired) electrons. The number of hydrogen-bond donors (Lipinski definition) is 2. The van der Waals surface area contributed by atoms with Crippen LogP contribution in [0.3, 0.4) is 0 Å². The predicted octanol–water partition coefficient (Wildman–Crippen LogP) is -0.881. The third-order valence-corrected chi connectivity index (χ3v) is 3.11. The van der Waals surface area contributed by atoms with Gasteiger partial charge in [0, 0.05) is 25.2 Å². The monoisotopic (exact) mass is 229 g/mol. The van der Waals surface area contributed by atoms with E-state index in [0.717, 1.165) is 13.1 Å². The van der Waals surface area contributed by atoms with Gasteiger partial charge in [-0.3, -0.25) is 9.69 Å². The van der Waals surface area contributed by atoms with Gasteiger partial charge in [0.25, 0.3) is 0 Å². The van der Waals surface area contributed by atoms with E-state index in [0.29, 0.717) is 6.54 Å². The number of carbonyl (C=O) groups is 1. The van der Waals surface area contributed by atoms with Gasteiger partial charge in [-0.1, -0.05) is 0 Å². The first-order valence-corrected chi connectivity index (χ1v) is 5.68. The molecule has 0 aromatic rings. The predicted molar refractivity (Wildman–Crippen MR) is 63.2 cm³/mol. The number of nitrogens with zero attached hydrogens (tertiary/aromatic N) is 2. The van der Waals surface area contributed by atoms with Crippen molar-refractivity contribution < 1.29 is 9.90 Å². The van der Waals surface area contributed by atoms with Crippen molar-refractivity contribution >= 4 is 5.91 Å². The minimum absolute atomic E-state index is 0.0689. The lowest BCUT2D eigenvalue weighted by Crippen LogP contribution is -2.67. The van der Waals surface area contributed by atoms with E-state index in [9.17, 15) is 9.90 Å². The van der Waals surface area contributed by atoms with Gasteiger partial charge in [0.1, 0.15) is 6.04 Å². The SMILES string of the molecule is CN(C)CCN1C(CO)C(=O)NCC1(C)C. The van der Waals surface area contributed by atoms with Crippen molar-refractivity contribution in [3.63, 3.8) is 0 Å². The lowest BCUT2D eigenvalue weighted by atomic mass is 9.96. The molecule has 1 amide bonds. The second-order valence-electron chi connectivity index (χ2n) is 5.23. The molecular formula is C11H23N3O2. The summed E-state index contributed by atoms with van der Waals surface area (Å²) >= 11 is 0. The van der Waals surface area contributed by atoms with Crippen LogP contribution in [0.1, 0.15) is 13.8 Å². The largest absolute Gasteiger partial charge is 0.394 e. The minimum Gasteiger partial charge on any atom is -0.394 e. The van der Waals surface area contributed by atoms with Crippen LogP contribution in [0.25, 0.3) is 0 Å². The van der Waals surface area contributed by atoms with Gasteiger partial charge >= 0.3 is 0 Å². The Kier molecular flexibility index (Phi) is 4.29. The van der Waals surface area contributed by atoms with Gasteiger partial charge in [-0.15, -0.1) is 0 Å². The summed E-state index contributed by atoms with van der Waals surface area (Å²) < 4.78 is 0. The zero-order chi connectivity index (χ0) is 12.3. The van der Waals surface area contributed by atoms with E-state index >= 15 is 0 Å². The maximum Gasteiger partial charge on any atom is 0.239 e. The highest BCUT2D eigenvalue weighted by Crippen LogP contribution is 2.20. The quantitative estimate of drug-likeness (QED) is 0.657. The molecule has 1 saturated heterocycles. The highest BCUT2D eigenvalue weighted by Gasteiger charge is 2.40. The fraction of sp³-hybridized carbons (Fsp3) is 0.909. The molecule has 1 aliphatic heterocycles. The number of aliphatic hydroxyl groups excluding tert-OH is 1. The van der Waals surface area contributed by atoms with Crippen LogP contribution < -0.4 is 5.32 Å². The molecule has 0 aliphatic carbocycles. The Balaban J connectivity index is 2.74. The second-order valence-corrected chi connectivity index (χ2v) is 5.23. The van der Waals surface area contributed by atoms with Crippen LogP contribution in [0, 0.1) is 0 Å². The molecule has 0 spiro atoms. The number of rotatable bonds is 4. The minimum atomic E-state index is -0.413. The highest BCUT2D eigenvalue weighted by molar-refractivity contribution is 5.83. The van der Waals surface area contributed by atoms with E-state index in [1.807, 2.05) is 14.1 Å². The average molecular weight is 229 g/mol. The molecular weight excluding hydrogens is 206 g/mol. The smallest absolute Gasteiger partial charge is 0.239 e. The molecule has 0 aromatic carbocycles. The standard InChI is InChI=1S/C11H23N3O2/c1-11(2)8-12-10(16)9(7-15)14(11)6-5-13(3)4/h9,15H,5-8H2,1-4H3,(H,12,16). The molecule has 1 rings (SSSR count). The Labute approximate surface area is 97.4 Å². The van der Waals surface area contributed by atoms with E-state index in [4.69, 9.17) is 0 Å². The number of nitrogens with one attached hydrogen (secondary N) is 1. The Bertz CT molecular complexity index is 254. The molecule has 0 bridgehead atoms. The van der Waals surface area contributed by atoms with Gasteiger partial charge in [0.2, 0.25) is 5.91 Å². The van der Waals surface area contributed by atoms with E-state index < -0.39 is 6.04 Å². The molecule has 1 unspecified atom stereocenters. The third kappa shape index (κ3) is 2.93. The Morgan fingerprint density at radius 2 is 2.19 bits per heavy atom. The fourth-order valence-electron chi connectivity index (χ4n) is 2.03. The second kappa shape index (κ2) is 5.12. The number of hydrogen-bond acceptors (Lipinski definition) is 4. The summed E-state index contributed by atoms with van der Waals surface area (Å²) in [7, 11) is 4.01. The zero-order valence-electron chi connectivity index (χ0n) is 10.7. The maximum atomic E-state index is 11.6. The maximum absolute atomic E-state index is 11.6. The van der Waals surface area contributed by atoms with Gasteiger partial charge in [0.15, 0.2) is 0 Å². The summed E-state index contributed by atoms with van der Waals surface area (Å²) in [6.45, 7) is 6.36. The van der Waals surface area contributed by atoms with Crippen LogP contribution >= 0.6 is 0 Å². The van der Waals surface area contributed by atoms with Crippen molar-refractivity contribution in [2.24, 2.45) is 0 Å². The first-order chi connectivity index (χ1) is 7.38. The summed E-state index contributed by atoms with van der Waals surface area (Å²) in [4.78, 5) is 15.8. The highest BCUT2D eigenvalue weighted by atomic mass is 16.3. The molecule has 1 aliphatic rings. The summed E-state index contributed by atoms with van der Waals surface area (Å²) in [6.07, 6.45) is 0. The molecule has 1 fully saturated rings. The summed E-state index contributed by atoms with van der Waals surface area (Å²) in [6, 6.07) is -0.413. The molecule has 16 heavy (non-hydrogen) atoms. The zero-order valence-corrected chi connectivity index (χ0v) is 10.7. The molecule has 2 N–H and O–H groups in total. The van der Waals surface area contributed by atoms with Gasteiger partial charge in [-0.2, -0.15) is 0 Å². The average Bonchev–Trinajstić information content (AvgIpc) is 2.19. The number of carbonyl (C=O) groups excluding carboxylic acids is 1. The molecule has 0 saturated carbocycles. The third-order valence-electron chi connectivity index (χ3n) is 3.11. The Morgan fingerprint density at radius 1 is 1.56 bits per heavy atom. The molecule has 1 atom stereocenters. The fourth-order valence-corrected chi connectivity index (χ4v) is 2.03. The summed E-state index contributed by atoms with van der Waals surface area (Å²) in [5.74, 6) is -0.0689. The number of aliphatic hydroxyl groups is 1. The lowest BCUT2D eigenvalue weighted by Gasteiger charge is -2.46. The Hall–Kier alpha value is -0.650. The van der Waals surface area contributed by atoms with E-state index in [1.54, 1.807) is 0 Å². The van der Waals surface area contributed by atoms with Crippen molar-refractivity contribution in [3.05, 3.63) is 0 Å². The van der Waals surface area contributed by atoms with Crippen molar-refractivity contribution in [2.45, 2.75) is 25.4 Å². The lowest BCUT2D eigenvalue weighted by molar-refractivity contribution is -0.136. The summed E-state index contributed by atoms with van der Waals surface area (Å²) in [5, 5.41) is 12.1. The van der Waals surface area contributed by atoms with E-state index in [-0.39, 0.29) is 18.1 Å². The topological polar surface area (TPSA) is 55.8 Å². The van der Waals surface area contributed by atoms with Crippen LogP contribution in [0.5, 0.6) is 0 Å². The van der Waals surface area contributed by atoms with Crippen LogP contribution in [0.2, 0.25) is 0 Å². The van der Waals surface area contributed by atoms with Gasteiger partial charge < -0.3 is 15.3 Å². The van der Waals surface area contributed by atoms with Crippen LogP contribution in [0.15, 0.2) is 0 Å². The van der Waals surface area contributed by atoms with Crippen molar-refractivity contribution in [2.75, 3.05) is 40.3 Å². The summed E-state index contributed by atoms with van der Waals surface area (Å²) in [5.41, 5.74) is -0.0999. The van der Waals surface area contributed by atoms with Gasteiger partial charge in [-0.25, -0.2) is 0 Å².